The molecule has 0 spiro atoms. The third-order valence-electron chi connectivity index (χ3n) is 4.07. The molecule has 1 aromatic heterocycles. The Balaban J connectivity index is 1.70. The first-order valence-electron chi connectivity index (χ1n) is 7.25. The molecule has 21 heavy (non-hydrogen) atoms. The lowest BCUT2D eigenvalue weighted by Gasteiger charge is -2.20. The minimum atomic E-state index is -3.42. The van der Waals surface area contributed by atoms with Gasteiger partial charge in [0.1, 0.15) is 10.7 Å². The molecule has 0 bridgehead atoms. The van der Waals surface area contributed by atoms with E-state index in [4.69, 9.17) is 4.74 Å². The zero-order valence-corrected chi connectivity index (χ0v) is 13.1. The number of nitrogens with zero attached hydrogens (tertiary/aromatic N) is 2. The van der Waals surface area contributed by atoms with E-state index in [2.05, 4.69) is 10.3 Å². The minimum Gasteiger partial charge on any atom is -0.376 e. The highest BCUT2D eigenvalue weighted by atomic mass is 32.2. The second kappa shape index (κ2) is 5.55. The van der Waals surface area contributed by atoms with Gasteiger partial charge < -0.3 is 10.1 Å². The van der Waals surface area contributed by atoms with Gasteiger partial charge in [0.05, 0.1) is 12.1 Å². The van der Waals surface area contributed by atoms with Crippen molar-refractivity contribution in [1.82, 2.24) is 9.29 Å². The van der Waals surface area contributed by atoms with E-state index >= 15 is 0 Å². The molecule has 116 valence electrons. The van der Waals surface area contributed by atoms with Crippen LogP contribution in [0.25, 0.3) is 0 Å². The molecular weight excluding hydrogens is 290 g/mol. The molecular formula is C14H21N3O3S. The Morgan fingerprint density at radius 2 is 2.05 bits per heavy atom. The van der Waals surface area contributed by atoms with Crippen LogP contribution in [0.2, 0.25) is 0 Å². The standard InChI is InChI=1S/C14H21N3O3S/c1-17(2)21(18,19)11-5-6-13(15-9-11)16-12-7-8-20-14(12)10-3-4-10/h5-6,9-10,12,14H,3-4,7-8H2,1-2H3,(H,15,16). The Hall–Kier alpha value is -1.18. The number of rotatable bonds is 5. The lowest BCUT2D eigenvalue weighted by atomic mass is 10.1. The first-order valence-corrected chi connectivity index (χ1v) is 8.69. The van der Waals surface area contributed by atoms with Crippen molar-refractivity contribution in [3.63, 3.8) is 0 Å². The Morgan fingerprint density at radius 1 is 1.29 bits per heavy atom. The summed E-state index contributed by atoms with van der Waals surface area (Å²) in [5.41, 5.74) is 0. The van der Waals surface area contributed by atoms with E-state index < -0.39 is 10.0 Å². The Kier molecular flexibility index (Phi) is 3.90. The first kappa shape index (κ1) is 14.7. The van der Waals surface area contributed by atoms with E-state index in [-0.39, 0.29) is 17.0 Å². The van der Waals surface area contributed by atoms with Crippen LogP contribution in [-0.4, -0.2) is 50.6 Å². The molecule has 2 fully saturated rings. The molecule has 2 heterocycles. The molecule has 2 aliphatic rings. The van der Waals surface area contributed by atoms with Gasteiger partial charge in [0, 0.05) is 26.9 Å². The number of hydrogen-bond acceptors (Lipinski definition) is 5. The average molecular weight is 311 g/mol. The van der Waals surface area contributed by atoms with Crippen molar-refractivity contribution >= 4 is 15.8 Å². The van der Waals surface area contributed by atoms with E-state index in [0.29, 0.717) is 11.7 Å². The first-order chi connectivity index (χ1) is 9.98. The van der Waals surface area contributed by atoms with Crippen LogP contribution in [-0.2, 0) is 14.8 Å². The molecule has 0 amide bonds. The molecule has 1 saturated heterocycles. The Bertz CT molecular complexity index is 596. The maximum absolute atomic E-state index is 12.0. The number of aromatic nitrogens is 1. The number of sulfonamides is 1. The highest BCUT2D eigenvalue weighted by Crippen LogP contribution is 2.39. The van der Waals surface area contributed by atoms with Gasteiger partial charge in [-0.3, -0.25) is 0 Å². The molecule has 1 aliphatic heterocycles. The Morgan fingerprint density at radius 3 is 2.62 bits per heavy atom. The molecule has 1 N–H and O–H groups in total. The zero-order chi connectivity index (χ0) is 15.0. The summed E-state index contributed by atoms with van der Waals surface area (Å²) in [5.74, 6) is 1.38. The van der Waals surface area contributed by atoms with Crippen LogP contribution in [0.1, 0.15) is 19.3 Å². The van der Waals surface area contributed by atoms with E-state index in [1.54, 1.807) is 12.1 Å². The monoisotopic (exact) mass is 311 g/mol. The molecule has 1 aliphatic carbocycles. The second-order valence-electron chi connectivity index (χ2n) is 5.88. The van der Waals surface area contributed by atoms with Crippen LogP contribution in [0.4, 0.5) is 5.82 Å². The van der Waals surface area contributed by atoms with Crippen molar-refractivity contribution in [2.75, 3.05) is 26.0 Å². The summed E-state index contributed by atoms with van der Waals surface area (Å²) in [6.45, 7) is 0.784. The van der Waals surface area contributed by atoms with Crippen LogP contribution in [0.3, 0.4) is 0 Å². The molecule has 2 unspecified atom stereocenters. The van der Waals surface area contributed by atoms with E-state index in [0.717, 1.165) is 13.0 Å². The molecule has 0 radical (unpaired) electrons. The van der Waals surface area contributed by atoms with Crippen molar-refractivity contribution in [2.45, 2.75) is 36.3 Å². The normalized spacial score (nSPS) is 26.2. The molecule has 6 nitrogen and oxygen atoms in total. The number of hydrogen-bond donors (Lipinski definition) is 1. The Labute approximate surface area is 125 Å². The van der Waals surface area contributed by atoms with Gasteiger partial charge in [0.15, 0.2) is 0 Å². The smallest absolute Gasteiger partial charge is 0.244 e. The summed E-state index contributed by atoms with van der Waals surface area (Å²) in [6, 6.07) is 3.59. The lowest BCUT2D eigenvalue weighted by molar-refractivity contribution is 0.0898. The van der Waals surface area contributed by atoms with Crippen molar-refractivity contribution < 1.29 is 13.2 Å². The third kappa shape index (κ3) is 3.04. The van der Waals surface area contributed by atoms with Crippen molar-refractivity contribution in [3.05, 3.63) is 18.3 Å². The third-order valence-corrected chi connectivity index (χ3v) is 5.87. The van der Waals surface area contributed by atoms with Gasteiger partial charge in [-0.25, -0.2) is 17.7 Å². The summed E-state index contributed by atoms with van der Waals surface area (Å²) in [7, 11) is -0.394. The maximum atomic E-state index is 12.0. The molecule has 7 heteroatoms. The van der Waals surface area contributed by atoms with Crippen LogP contribution in [0.5, 0.6) is 0 Å². The number of nitrogens with one attached hydrogen (secondary N) is 1. The fraction of sp³-hybridized carbons (Fsp3) is 0.643. The van der Waals surface area contributed by atoms with E-state index in [1.807, 2.05) is 0 Å². The summed E-state index contributed by atoms with van der Waals surface area (Å²) < 4.78 is 30.9. The molecule has 2 atom stereocenters. The van der Waals surface area contributed by atoms with Crippen LogP contribution in [0, 0.1) is 5.92 Å². The van der Waals surface area contributed by atoms with Crippen LogP contribution in [0.15, 0.2) is 23.2 Å². The van der Waals surface area contributed by atoms with E-state index in [1.165, 1.54) is 37.4 Å². The summed E-state index contributed by atoms with van der Waals surface area (Å²) in [6.07, 6.45) is 5.14. The highest BCUT2D eigenvalue weighted by molar-refractivity contribution is 7.89. The quantitative estimate of drug-likeness (QED) is 0.888. The number of pyridine rings is 1. The average Bonchev–Trinajstić information content (AvgIpc) is 3.20. The topological polar surface area (TPSA) is 71.5 Å². The van der Waals surface area contributed by atoms with Gasteiger partial charge in [-0.05, 0) is 37.3 Å². The predicted octanol–water partition coefficient (Wildman–Crippen LogP) is 1.31. The number of ether oxygens (including phenoxy) is 1. The predicted molar refractivity (Wildman–Crippen MR) is 79.6 cm³/mol. The number of anilines is 1. The van der Waals surface area contributed by atoms with Crippen LogP contribution < -0.4 is 5.32 Å². The van der Waals surface area contributed by atoms with Gasteiger partial charge in [0.25, 0.3) is 0 Å². The highest BCUT2D eigenvalue weighted by Gasteiger charge is 2.40. The van der Waals surface area contributed by atoms with Gasteiger partial charge in [-0.15, -0.1) is 0 Å². The van der Waals surface area contributed by atoms with Gasteiger partial charge in [-0.1, -0.05) is 0 Å². The minimum absolute atomic E-state index is 0.208. The van der Waals surface area contributed by atoms with Crippen LogP contribution >= 0.6 is 0 Å². The molecule has 0 aromatic carbocycles. The van der Waals surface area contributed by atoms with Crippen molar-refractivity contribution in [1.29, 1.82) is 0 Å². The molecule has 3 rings (SSSR count). The fourth-order valence-electron chi connectivity index (χ4n) is 2.67. The molecule has 1 aromatic rings. The zero-order valence-electron chi connectivity index (χ0n) is 12.3. The van der Waals surface area contributed by atoms with Gasteiger partial charge >= 0.3 is 0 Å². The summed E-state index contributed by atoms with van der Waals surface area (Å²) >= 11 is 0. The fourth-order valence-corrected chi connectivity index (χ4v) is 3.52. The van der Waals surface area contributed by atoms with Gasteiger partial charge in [0.2, 0.25) is 10.0 Å². The van der Waals surface area contributed by atoms with Gasteiger partial charge in [-0.2, -0.15) is 0 Å². The van der Waals surface area contributed by atoms with E-state index in [9.17, 15) is 8.42 Å². The summed E-state index contributed by atoms with van der Waals surface area (Å²) in [4.78, 5) is 4.44. The molecule has 1 saturated carbocycles. The second-order valence-corrected chi connectivity index (χ2v) is 8.03. The SMILES string of the molecule is CN(C)S(=O)(=O)c1ccc(NC2CCOC2C2CC2)nc1. The summed E-state index contributed by atoms with van der Waals surface area (Å²) in [5, 5.41) is 3.38. The maximum Gasteiger partial charge on any atom is 0.244 e. The lowest BCUT2D eigenvalue weighted by Crippen LogP contribution is -2.31. The van der Waals surface area contributed by atoms with Crippen molar-refractivity contribution in [3.8, 4) is 0 Å². The van der Waals surface area contributed by atoms with Crippen molar-refractivity contribution in [2.24, 2.45) is 5.92 Å². The largest absolute Gasteiger partial charge is 0.376 e.